The van der Waals surface area contributed by atoms with Crippen LogP contribution in [0.3, 0.4) is 0 Å². The second-order valence-electron chi connectivity index (χ2n) is 4.07. The van der Waals surface area contributed by atoms with Crippen LogP contribution < -0.4 is 0 Å². The van der Waals surface area contributed by atoms with Crippen molar-refractivity contribution in [2.24, 2.45) is 0 Å². The summed E-state index contributed by atoms with van der Waals surface area (Å²) in [6.45, 7) is 2.06. The summed E-state index contributed by atoms with van der Waals surface area (Å²) < 4.78 is 10.1. The standard InChI is InChI=1S/C12H18N2O4/c1-5-17-11(15)9-6-10(8-14(4)7-9)18-12(16)13(2)3/h7-8H,5-6H2,1-4H3. The second kappa shape index (κ2) is 6.09. The largest absolute Gasteiger partial charge is 0.463 e. The summed E-state index contributed by atoms with van der Waals surface area (Å²) >= 11 is 0. The highest BCUT2D eigenvalue weighted by Crippen LogP contribution is 2.20. The molecule has 0 aromatic rings. The molecule has 1 amide bonds. The SMILES string of the molecule is CCOC(=O)C1=CN(C)C=C(OC(=O)N(C)C)C1. The number of hydrogen-bond donors (Lipinski definition) is 0. The van der Waals surface area contributed by atoms with Crippen LogP contribution in [0, 0.1) is 0 Å². The number of carbonyl (C=O) groups excluding carboxylic acids is 2. The lowest BCUT2D eigenvalue weighted by Gasteiger charge is -2.21. The molecule has 0 saturated heterocycles. The van der Waals surface area contributed by atoms with Gasteiger partial charge in [0.25, 0.3) is 0 Å². The van der Waals surface area contributed by atoms with Gasteiger partial charge in [0.2, 0.25) is 0 Å². The predicted octanol–water partition coefficient (Wildman–Crippen LogP) is 1.31. The van der Waals surface area contributed by atoms with Crippen molar-refractivity contribution in [3.05, 3.63) is 23.7 Å². The smallest absolute Gasteiger partial charge is 0.414 e. The average molecular weight is 254 g/mol. The van der Waals surface area contributed by atoms with Gasteiger partial charge < -0.3 is 19.3 Å². The maximum Gasteiger partial charge on any atom is 0.414 e. The van der Waals surface area contributed by atoms with E-state index in [9.17, 15) is 9.59 Å². The molecule has 1 rings (SSSR count). The van der Waals surface area contributed by atoms with Gasteiger partial charge in [-0.15, -0.1) is 0 Å². The van der Waals surface area contributed by atoms with Crippen molar-refractivity contribution in [3.63, 3.8) is 0 Å². The summed E-state index contributed by atoms with van der Waals surface area (Å²) in [7, 11) is 4.94. The molecule has 1 aliphatic heterocycles. The van der Waals surface area contributed by atoms with E-state index in [4.69, 9.17) is 9.47 Å². The zero-order valence-electron chi connectivity index (χ0n) is 11.1. The van der Waals surface area contributed by atoms with Crippen molar-refractivity contribution in [2.75, 3.05) is 27.7 Å². The van der Waals surface area contributed by atoms with Gasteiger partial charge in [-0.2, -0.15) is 0 Å². The third-order valence-electron chi connectivity index (χ3n) is 2.19. The lowest BCUT2D eigenvalue weighted by molar-refractivity contribution is -0.138. The zero-order valence-corrected chi connectivity index (χ0v) is 11.1. The van der Waals surface area contributed by atoms with Crippen LogP contribution in [0.5, 0.6) is 0 Å². The number of esters is 1. The van der Waals surface area contributed by atoms with Crippen LogP contribution in [-0.4, -0.2) is 49.6 Å². The summed E-state index contributed by atoms with van der Waals surface area (Å²) in [4.78, 5) is 26.0. The predicted molar refractivity (Wildman–Crippen MR) is 65.3 cm³/mol. The third-order valence-corrected chi connectivity index (χ3v) is 2.19. The van der Waals surface area contributed by atoms with Gasteiger partial charge in [-0.3, -0.25) is 0 Å². The van der Waals surface area contributed by atoms with Gasteiger partial charge in [0.15, 0.2) is 0 Å². The van der Waals surface area contributed by atoms with E-state index in [1.807, 2.05) is 0 Å². The van der Waals surface area contributed by atoms with Gasteiger partial charge in [-0.1, -0.05) is 0 Å². The summed E-state index contributed by atoms with van der Waals surface area (Å²) in [6.07, 6.45) is 3.09. The monoisotopic (exact) mass is 254 g/mol. The fourth-order valence-corrected chi connectivity index (χ4v) is 1.40. The molecule has 18 heavy (non-hydrogen) atoms. The van der Waals surface area contributed by atoms with Crippen molar-refractivity contribution in [1.29, 1.82) is 0 Å². The molecule has 0 unspecified atom stereocenters. The molecule has 0 spiro atoms. The molecule has 1 aliphatic rings. The number of amides is 1. The van der Waals surface area contributed by atoms with Crippen LogP contribution in [0.15, 0.2) is 23.7 Å². The van der Waals surface area contributed by atoms with Gasteiger partial charge >= 0.3 is 12.1 Å². The Morgan fingerprint density at radius 3 is 2.61 bits per heavy atom. The highest BCUT2D eigenvalue weighted by Gasteiger charge is 2.20. The minimum absolute atomic E-state index is 0.253. The van der Waals surface area contributed by atoms with E-state index >= 15 is 0 Å². The Bertz CT molecular complexity index is 399. The van der Waals surface area contributed by atoms with Crippen LogP contribution in [0.25, 0.3) is 0 Å². The molecule has 0 aromatic heterocycles. The quantitative estimate of drug-likeness (QED) is 0.711. The topological polar surface area (TPSA) is 59.1 Å². The van der Waals surface area contributed by atoms with Gasteiger partial charge in [0.05, 0.1) is 12.2 Å². The fourth-order valence-electron chi connectivity index (χ4n) is 1.40. The van der Waals surface area contributed by atoms with Crippen LogP contribution in [0.2, 0.25) is 0 Å². The van der Waals surface area contributed by atoms with Gasteiger partial charge in [-0.25, -0.2) is 9.59 Å². The Kier molecular flexibility index (Phi) is 4.76. The number of rotatable bonds is 3. The van der Waals surface area contributed by atoms with Gasteiger partial charge in [-0.05, 0) is 6.92 Å². The first-order chi connectivity index (χ1) is 8.43. The van der Waals surface area contributed by atoms with Crippen LogP contribution in [0.1, 0.15) is 13.3 Å². The molecular formula is C12H18N2O4. The Morgan fingerprint density at radius 1 is 1.39 bits per heavy atom. The van der Waals surface area contributed by atoms with E-state index in [1.165, 1.54) is 4.90 Å². The molecule has 6 heteroatoms. The summed E-state index contributed by atoms with van der Waals surface area (Å²) in [5.41, 5.74) is 0.461. The summed E-state index contributed by atoms with van der Waals surface area (Å²) in [6, 6.07) is 0. The molecule has 0 fully saturated rings. The van der Waals surface area contributed by atoms with E-state index in [0.29, 0.717) is 17.9 Å². The second-order valence-corrected chi connectivity index (χ2v) is 4.07. The number of carbonyl (C=O) groups is 2. The molecule has 100 valence electrons. The van der Waals surface area contributed by atoms with Crippen LogP contribution in [0.4, 0.5) is 4.79 Å². The summed E-state index contributed by atoms with van der Waals surface area (Å²) in [5.74, 6) is 0.0256. The van der Waals surface area contributed by atoms with Crippen molar-refractivity contribution in [2.45, 2.75) is 13.3 Å². The number of nitrogens with zero attached hydrogens (tertiary/aromatic N) is 2. The number of hydrogen-bond acceptors (Lipinski definition) is 5. The summed E-state index contributed by atoms with van der Waals surface area (Å²) in [5, 5.41) is 0. The Hall–Kier alpha value is -1.98. The Morgan fingerprint density at radius 2 is 2.06 bits per heavy atom. The van der Waals surface area contributed by atoms with Crippen molar-refractivity contribution >= 4 is 12.1 Å². The molecule has 0 bridgehead atoms. The first-order valence-corrected chi connectivity index (χ1v) is 5.63. The molecule has 0 N–H and O–H groups in total. The fraction of sp³-hybridized carbons (Fsp3) is 0.500. The van der Waals surface area contributed by atoms with E-state index in [1.54, 1.807) is 45.4 Å². The third kappa shape index (κ3) is 3.80. The van der Waals surface area contributed by atoms with E-state index < -0.39 is 12.1 Å². The maximum atomic E-state index is 11.6. The highest BCUT2D eigenvalue weighted by atomic mass is 16.6. The molecule has 0 radical (unpaired) electrons. The van der Waals surface area contributed by atoms with Crippen molar-refractivity contribution in [3.8, 4) is 0 Å². The number of ether oxygens (including phenoxy) is 2. The zero-order chi connectivity index (χ0) is 13.7. The number of allylic oxidation sites excluding steroid dienone is 1. The first-order valence-electron chi connectivity index (χ1n) is 5.63. The van der Waals surface area contributed by atoms with Crippen molar-refractivity contribution < 1.29 is 19.1 Å². The lowest BCUT2D eigenvalue weighted by atomic mass is 10.1. The minimum Gasteiger partial charge on any atom is -0.463 e. The van der Waals surface area contributed by atoms with Crippen LogP contribution >= 0.6 is 0 Å². The van der Waals surface area contributed by atoms with Gasteiger partial charge in [0, 0.05) is 40.0 Å². The Balaban J connectivity index is 2.69. The molecule has 0 aliphatic carbocycles. The van der Waals surface area contributed by atoms with Crippen molar-refractivity contribution in [1.82, 2.24) is 9.80 Å². The van der Waals surface area contributed by atoms with Crippen LogP contribution in [-0.2, 0) is 14.3 Å². The van der Waals surface area contributed by atoms with E-state index in [2.05, 4.69) is 0 Å². The molecule has 0 saturated carbocycles. The molecule has 0 aromatic carbocycles. The average Bonchev–Trinajstić information content (AvgIpc) is 2.28. The van der Waals surface area contributed by atoms with E-state index in [0.717, 1.165) is 0 Å². The highest BCUT2D eigenvalue weighted by molar-refractivity contribution is 5.89. The van der Waals surface area contributed by atoms with E-state index in [-0.39, 0.29) is 6.42 Å². The Labute approximate surface area is 106 Å². The lowest BCUT2D eigenvalue weighted by Crippen LogP contribution is -2.25. The van der Waals surface area contributed by atoms with Gasteiger partial charge in [0.1, 0.15) is 5.76 Å². The molecule has 0 atom stereocenters. The molecular weight excluding hydrogens is 236 g/mol. The molecule has 1 heterocycles. The maximum absolute atomic E-state index is 11.6. The normalized spacial score (nSPS) is 14.6. The minimum atomic E-state index is -0.472. The molecule has 6 nitrogen and oxygen atoms in total. The first kappa shape index (κ1) is 14.1.